The summed E-state index contributed by atoms with van der Waals surface area (Å²) in [6.07, 6.45) is 5.32. The lowest BCUT2D eigenvalue weighted by atomic mass is 10.2. The van der Waals surface area contributed by atoms with Crippen LogP contribution in [0.1, 0.15) is 12.8 Å². The number of halogens is 1. The Morgan fingerprint density at radius 2 is 2.40 bits per heavy atom. The highest BCUT2D eigenvalue weighted by Gasteiger charge is 2.09. The normalized spacial score (nSPS) is 13.5. The van der Waals surface area contributed by atoms with Crippen molar-refractivity contribution in [2.45, 2.75) is 6.92 Å². The van der Waals surface area contributed by atoms with Crippen LogP contribution in [0.2, 0.25) is 0 Å². The smallest absolute Gasteiger partial charge is 0.220 e. The number of aliphatic imine (C=N–C) groups is 1. The highest BCUT2D eigenvalue weighted by Crippen LogP contribution is 2.24. The van der Waals surface area contributed by atoms with Crippen LogP contribution in [0, 0.1) is 5.92 Å². The molecular weight excluding hydrogens is 343 g/mol. The van der Waals surface area contributed by atoms with Crippen LogP contribution in [-0.4, -0.2) is 42.4 Å². The number of nitrogens with zero attached hydrogens (tertiary/aromatic N) is 2. The van der Waals surface area contributed by atoms with Crippen LogP contribution in [0.15, 0.2) is 44.8 Å². The summed E-state index contributed by atoms with van der Waals surface area (Å²) >= 11 is 1.64. The fourth-order valence-electron chi connectivity index (χ4n) is 1.98. The zero-order valence-electron chi connectivity index (χ0n) is 14.0. The van der Waals surface area contributed by atoms with E-state index in [4.69, 9.17) is 14.3 Å². The Morgan fingerprint density at radius 1 is 1.56 bits per heavy atom. The number of fused-ring (bicyclic) bond motifs is 1. The number of aromatic nitrogens is 1. The molecule has 1 atom stereocenters. The summed E-state index contributed by atoms with van der Waals surface area (Å²) in [7, 11) is 0. The summed E-state index contributed by atoms with van der Waals surface area (Å²) in [6.45, 7) is 4.75. The fourth-order valence-corrected chi connectivity index (χ4v) is 2.63. The standard InChI is InChI=1S/C18H21FN2O3S/c1-3-25-15(10-20-2)5-7-18-21-16-6-4-14(8-17(16)24-18)23-12-13(9-19)11-22/h4-8,10,13,22H,2-3,9,11-12H2,1H3/b7-5+,15-10-. The zero-order valence-corrected chi connectivity index (χ0v) is 14.8. The fraction of sp³-hybridized carbons (Fsp3) is 0.333. The third-order valence-corrected chi connectivity index (χ3v) is 4.12. The molecule has 0 aliphatic heterocycles. The Hall–Kier alpha value is -2.12. The van der Waals surface area contributed by atoms with E-state index in [2.05, 4.69) is 23.6 Å². The Balaban J connectivity index is 2.11. The Morgan fingerprint density at radius 3 is 3.08 bits per heavy atom. The van der Waals surface area contributed by atoms with Crippen LogP contribution < -0.4 is 4.74 Å². The van der Waals surface area contributed by atoms with Gasteiger partial charge < -0.3 is 14.3 Å². The second-order valence-corrected chi connectivity index (χ2v) is 6.51. The van der Waals surface area contributed by atoms with Crippen molar-refractivity contribution in [2.75, 3.05) is 25.6 Å². The average Bonchev–Trinajstić information content (AvgIpc) is 3.03. The molecule has 25 heavy (non-hydrogen) atoms. The predicted octanol–water partition coefficient (Wildman–Crippen LogP) is 4.09. The van der Waals surface area contributed by atoms with E-state index in [-0.39, 0.29) is 13.2 Å². The van der Waals surface area contributed by atoms with Crippen LogP contribution in [0.3, 0.4) is 0 Å². The summed E-state index contributed by atoms with van der Waals surface area (Å²) in [6, 6.07) is 5.22. The highest BCUT2D eigenvalue weighted by molar-refractivity contribution is 8.03. The molecule has 0 fully saturated rings. The number of aliphatic hydroxyl groups excluding tert-OH is 1. The molecule has 1 aromatic carbocycles. The van der Waals surface area contributed by atoms with Crippen LogP contribution in [0.4, 0.5) is 4.39 Å². The van der Waals surface area contributed by atoms with Gasteiger partial charge in [-0.15, -0.1) is 11.8 Å². The predicted molar refractivity (Wildman–Crippen MR) is 101 cm³/mol. The van der Waals surface area contributed by atoms with Crippen LogP contribution >= 0.6 is 11.8 Å². The van der Waals surface area contributed by atoms with Gasteiger partial charge in [0.25, 0.3) is 0 Å². The molecule has 0 aliphatic rings. The molecule has 0 bridgehead atoms. The van der Waals surface area contributed by atoms with Crippen molar-refractivity contribution in [3.63, 3.8) is 0 Å². The Labute approximate surface area is 150 Å². The minimum atomic E-state index is -0.624. The van der Waals surface area contributed by atoms with E-state index in [0.29, 0.717) is 22.7 Å². The van der Waals surface area contributed by atoms with Gasteiger partial charge in [-0.05, 0) is 30.7 Å². The quantitative estimate of drug-likeness (QED) is 0.508. The Bertz CT molecular complexity index is 754. The number of benzene rings is 1. The minimum absolute atomic E-state index is 0.107. The molecule has 0 spiro atoms. The molecule has 1 unspecified atom stereocenters. The number of aliphatic hydroxyl groups is 1. The van der Waals surface area contributed by atoms with Crippen LogP contribution in [0.25, 0.3) is 17.2 Å². The first-order valence-electron chi connectivity index (χ1n) is 7.87. The van der Waals surface area contributed by atoms with Crippen LogP contribution in [0.5, 0.6) is 5.75 Å². The van der Waals surface area contributed by atoms with Crippen molar-refractivity contribution in [1.82, 2.24) is 4.98 Å². The summed E-state index contributed by atoms with van der Waals surface area (Å²) in [5.41, 5.74) is 1.28. The highest BCUT2D eigenvalue weighted by atomic mass is 32.2. The Kier molecular flexibility index (Phi) is 7.69. The number of thioether (sulfide) groups is 1. The molecule has 1 aromatic heterocycles. The third-order valence-electron chi connectivity index (χ3n) is 3.26. The maximum Gasteiger partial charge on any atom is 0.220 e. The van der Waals surface area contributed by atoms with Crippen molar-refractivity contribution in [3.05, 3.63) is 41.3 Å². The van der Waals surface area contributed by atoms with Crippen molar-refractivity contribution < 1.29 is 18.7 Å². The van der Waals surface area contributed by atoms with E-state index in [0.717, 1.165) is 10.7 Å². The zero-order chi connectivity index (χ0) is 18.1. The van der Waals surface area contributed by atoms with Crippen molar-refractivity contribution >= 4 is 35.7 Å². The van der Waals surface area contributed by atoms with E-state index in [1.54, 1.807) is 42.2 Å². The molecule has 0 aliphatic carbocycles. The van der Waals surface area contributed by atoms with Gasteiger partial charge in [-0.25, -0.2) is 4.98 Å². The number of hydrogen-bond donors (Lipinski definition) is 1. The molecule has 2 rings (SSSR count). The largest absolute Gasteiger partial charge is 0.493 e. The third kappa shape index (κ3) is 5.72. The summed E-state index contributed by atoms with van der Waals surface area (Å²) < 4.78 is 23.8. The van der Waals surface area contributed by atoms with Gasteiger partial charge in [0.1, 0.15) is 11.3 Å². The first kappa shape index (κ1) is 19.2. The van der Waals surface area contributed by atoms with E-state index in [9.17, 15) is 4.39 Å². The molecular formula is C18H21FN2O3S. The minimum Gasteiger partial charge on any atom is -0.493 e. The van der Waals surface area contributed by atoms with E-state index in [1.807, 2.05) is 6.08 Å². The van der Waals surface area contributed by atoms with Gasteiger partial charge in [-0.2, -0.15) is 0 Å². The SMILES string of the molecule is C=N/C=C(/C=C/c1nc2ccc(OCC(CO)CF)cc2o1)SCC. The second kappa shape index (κ2) is 10.0. The molecule has 1 heterocycles. The number of alkyl halides is 1. The maximum absolute atomic E-state index is 12.6. The van der Waals surface area contributed by atoms with E-state index >= 15 is 0 Å². The van der Waals surface area contributed by atoms with Gasteiger partial charge in [-0.3, -0.25) is 9.38 Å². The monoisotopic (exact) mass is 364 g/mol. The number of oxazole rings is 1. The molecule has 0 saturated heterocycles. The van der Waals surface area contributed by atoms with Crippen molar-refractivity contribution in [1.29, 1.82) is 0 Å². The lowest BCUT2D eigenvalue weighted by Crippen LogP contribution is -2.17. The molecule has 1 N–H and O–H groups in total. The second-order valence-electron chi connectivity index (χ2n) is 5.18. The molecule has 0 radical (unpaired) electrons. The van der Waals surface area contributed by atoms with Gasteiger partial charge >= 0.3 is 0 Å². The van der Waals surface area contributed by atoms with E-state index in [1.165, 1.54) is 0 Å². The molecule has 5 nitrogen and oxygen atoms in total. The summed E-state index contributed by atoms with van der Waals surface area (Å²) in [5, 5.41) is 8.99. The van der Waals surface area contributed by atoms with Gasteiger partial charge in [0.15, 0.2) is 5.58 Å². The summed E-state index contributed by atoms with van der Waals surface area (Å²) in [4.78, 5) is 9.12. The molecule has 0 amide bonds. The topological polar surface area (TPSA) is 67.9 Å². The van der Waals surface area contributed by atoms with Crippen LogP contribution in [-0.2, 0) is 0 Å². The number of hydrogen-bond acceptors (Lipinski definition) is 6. The molecule has 134 valence electrons. The van der Waals surface area contributed by atoms with Crippen molar-refractivity contribution in [3.8, 4) is 5.75 Å². The first-order valence-corrected chi connectivity index (χ1v) is 8.85. The molecule has 7 heteroatoms. The maximum atomic E-state index is 12.6. The number of allylic oxidation sites excluding steroid dienone is 1. The van der Waals surface area contributed by atoms with Gasteiger partial charge in [0.05, 0.1) is 19.9 Å². The molecule has 2 aromatic rings. The van der Waals surface area contributed by atoms with E-state index < -0.39 is 12.6 Å². The van der Waals surface area contributed by atoms with Gasteiger partial charge in [0, 0.05) is 29.2 Å². The summed E-state index contributed by atoms with van der Waals surface area (Å²) in [5.74, 6) is 1.41. The number of rotatable bonds is 10. The average molecular weight is 364 g/mol. The molecule has 0 saturated carbocycles. The number of ether oxygens (including phenoxy) is 1. The lowest BCUT2D eigenvalue weighted by molar-refractivity contribution is 0.140. The lowest BCUT2D eigenvalue weighted by Gasteiger charge is -2.11. The van der Waals surface area contributed by atoms with Gasteiger partial charge in [-0.1, -0.05) is 6.92 Å². The first-order chi connectivity index (χ1) is 12.2. The van der Waals surface area contributed by atoms with Crippen molar-refractivity contribution in [2.24, 2.45) is 10.9 Å². The van der Waals surface area contributed by atoms with Gasteiger partial charge in [0.2, 0.25) is 5.89 Å².